The Morgan fingerprint density at radius 2 is 1.94 bits per heavy atom. The van der Waals surface area contributed by atoms with E-state index in [1.807, 2.05) is 26.0 Å². The number of hydrogen-bond donors (Lipinski definition) is 1. The summed E-state index contributed by atoms with van der Waals surface area (Å²) >= 11 is 6.00. The van der Waals surface area contributed by atoms with Crippen molar-refractivity contribution in [3.8, 4) is 0 Å². The van der Waals surface area contributed by atoms with Crippen LogP contribution in [-0.2, 0) is 5.41 Å². The minimum absolute atomic E-state index is 0.301. The van der Waals surface area contributed by atoms with Crippen molar-refractivity contribution < 1.29 is 5.11 Å². The molecule has 18 heavy (non-hydrogen) atoms. The summed E-state index contributed by atoms with van der Waals surface area (Å²) in [5.41, 5.74) is -0.188. The molecule has 100 valence electrons. The van der Waals surface area contributed by atoms with E-state index in [1.54, 1.807) is 6.07 Å². The molecule has 1 aromatic rings. The molecule has 0 amide bonds. The third-order valence-electron chi connectivity index (χ3n) is 4.22. The molecule has 1 aromatic heterocycles. The van der Waals surface area contributed by atoms with Crippen LogP contribution in [0, 0.1) is 0 Å². The zero-order chi connectivity index (χ0) is 13.4. The molecule has 1 N–H and O–H groups in total. The Kier molecular flexibility index (Phi) is 3.67. The summed E-state index contributed by atoms with van der Waals surface area (Å²) in [7, 11) is 2.11. The van der Waals surface area contributed by atoms with Gasteiger partial charge >= 0.3 is 0 Å². The molecule has 1 aliphatic rings. The van der Waals surface area contributed by atoms with Crippen molar-refractivity contribution >= 4 is 11.6 Å². The molecule has 1 fully saturated rings. The molecule has 0 atom stereocenters. The van der Waals surface area contributed by atoms with E-state index in [4.69, 9.17) is 11.6 Å². The van der Waals surface area contributed by atoms with Crippen LogP contribution in [0.25, 0.3) is 0 Å². The van der Waals surface area contributed by atoms with Crippen molar-refractivity contribution in [2.24, 2.45) is 0 Å². The fraction of sp³-hybridized carbons (Fsp3) is 0.643. The van der Waals surface area contributed by atoms with Crippen molar-refractivity contribution in [3.63, 3.8) is 0 Å². The standard InChI is InChI=1S/C14H21ClN2O/c1-13(2,18)14(7-9-17(3)10-8-14)11-5-4-6-12(15)16-11/h4-6,18H,7-10H2,1-3H3. The first-order chi connectivity index (χ1) is 8.35. The number of likely N-dealkylation sites (tertiary alicyclic amines) is 1. The minimum atomic E-state index is -0.800. The van der Waals surface area contributed by atoms with Crippen molar-refractivity contribution in [2.45, 2.75) is 37.7 Å². The van der Waals surface area contributed by atoms with Gasteiger partial charge in [-0.25, -0.2) is 4.98 Å². The molecule has 1 aliphatic heterocycles. The van der Waals surface area contributed by atoms with Crippen LogP contribution in [0.1, 0.15) is 32.4 Å². The minimum Gasteiger partial charge on any atom is -0.389 e. The number of rotatable bonds is 2. The quantitative estimate of drug-likeness (QED) is 0.837. The first-order valence-electron chi connectivity index (χ1n) is 6.39. The van der Waals surface area contributed by atoms with E-state index in [0.717, 1.165) is 31.6 Å². The maximum Gasteiger partial charge on any atom is 0.129 e. The Morgan fingerprint density at radius 1 is 1.33 bits per heavy atom. The Morgan fingerprint density at radius 3 is 2.44 bits per heavy atom. The Labute approximate surface area is 114 Å². The van der Waals surface area contributed by atoms with E-state index in [0.29, 0.717) is 5.15 Å². The predicted octanol–water partition coefficient (Wildman–Crippen LogP) is 2.47. The number of pyridine rings is 1. The van der Waals surface area contributed by atoms with Gasteiger partial charge < -0.3 is 10.0 Å². The van der Waals surface area contributed by atoms with E-state index in [2.05, 4.69) is 16.9 Å². The zero-order valence-corrected chi connectivity index (χ0v) is 12.0. The molecule has 0 radical (unpaired) electrons. The highest BCUT2D eigenvalue weighted by Gasteiger charge is 2.47. The van der Waals surface area contributed by atoms with Crippen molar-refractivity contribution in [1.29, 1.82) is 0 Å². The number of piperidine rings is 1. The van der Waals surface area contributed by atoms with Gasteiger partial charge in [0.2, 0.25) is 0 Å². The highest BCUT2D eigenvalue weighted by atomic mass is 35.5. The van der Waals surface area contributed by atoms with Gasteiger partial charge in [-0.05, 0) is 59.0 Å². The lowest BCUT2D eigenvalue weighted by Crippen LogP contribution is -2.54. The average molecular weight is 269 g/mol. The lowest BCUT2D eigenvalue weighted by Gasteiger charge is -2.47. The van der Waals surface area contributed by atoms with Gasteiger partial charge in [-0.1, -0.05) is 17.7 Å². The molecule has 2 heterocycles. The van der Waals surface area contributed by atoms with Gasteiger partial charge in [-0.3, -0.25) is 0 Å². The summed E-state index contributed by atoms with van der Waals surface area (Å²) in [6.45, 7) is 5.69. The topological polar surface area (TPSA) is 36.4 Å². The maximum atomic E-state index is 10.6. The van der Waals surface area contributed by atoms with Gasteiger partial charge in [0.25, 0.3) is 0 Å². The summed E-state index contributed by atoms with van der Waals surface area (Å²) in [5.74, 6) is 0. The average Bonchev–Trinajstić information content (AvgIpc) is 2.28. The molecule has 0 spiro atoms. The van der Waals surface area contributed by atoms with Crippen LogP contribution in [0.15, 0.2) is 18.2 Å². The summed E-state index contributed by atoms with van der Waals surface area (Å²) < 4.78 is 0. The van der Waals surface area contributed by atoms with Gasteiger partial charge in [0.05, 0.1) is 11.3 Å². The van der Waals surface area contributed by atoms with Gasteiger partial charge in [0.15, 0.2) is 0 Å². The molecule has 0 aromatic carbocycles. The zero-order valence-electron chi connectivity index (χ0n) is 11.3. The number of aliphatic hydroxyl groups is 1. The largest absolute Gasteiger partial charge is 0.389 e. The number of aromatic nitrogens is 1. The van der Waals surface area contributed by atoms with E-state index in [1.165, 1.54) is 0 Å². The van der Waals surface area contributed by atoms with Gasteiger partial charge in [0.1, 0.15) is 5.15 Å². The molecule has 0 unspecified atom stereocenters. The van der Waals surface area contributed by atoms with Gasteiger partial charge in [0, 0.05) is 5.41 Å². The van der Waals surface area contributed by atoms with Crippen LogP contribution < -0.4 is 0 Å². The normalized spacial score (nSPS) is 20.9. The molecule has 3 nitrogen and oxygen atoms in total. The molecule has 0 aliphatic carbocycles. The highest BCUT2D eigenvalue weighted by molar-refractivity contribution is 6.29. The second kappa shape index (κ2) is 4.80. The third-order valence-corrected chi connectivity index (χ3v) is 4.43. The third kappa shape index (κ3) is 2.40. The van der Waals surface area contributed by atoms with Crippen LogP contribution in [0.3, 0.4) is 0 Å². The molecule has 4 heteroatoms. The first-order valence-corrected chi connectivity index (χ1v) is 6.77. The van der Waals surface area contributed by atoms with Crippen molar-refractivity contribution in [1.82, 2.24) is 9.88 Å². The van der Waals surface area contributed by atoms with Crippen molar-refractivity contribution in [2.75, 3.05) is 20.1 Å². The monoisotopic (exact) mass is 268 g/mol. The van der Waals surface area contributed by atoms with E-state index in [-0.39, 0.29) is 5.41 Å². The molecular formula is C14H21ClN2O. The maximum absolute atomic E-state index is 10.6. The smallest absolute Gasteiger partial charge is 0.129 e. The van der Waals surface area contributed by atoms with Crippen LogP contribution in [0.2, 0.25) is 5.15 Å². The SMILES string of the molecule is CN1CCC(c2cccc(Cl)n2)(C(C)(C)O)CC1. The van der Waals surface area contributed by atoms with E-state index >= 15 is 0 Å². The molecule has 0 saturated carbocycles. The molecule has 1 saturated heterocycles. The highest BCUT2D eigenvalue weighted by Crippen LogP contribution is 2.43. The second-order valence-corrected chi connectivity index (χ2v) is 6.18. The van der Waals surface area contributed by atoms with Gasteiger partial charge in [-0.2, -0.15) is 0 Å². The van der Waals surface area contributed by atoms with E-state index in [9.17, 15) is 5.11 Å². The van der Waals surface area contributed by atoms with Crippen molar-refractivity contribution in [3.05, 3.63) is 29.0 Å². The fourth-order valence-corrected chi connectivity index (χ4v) is 3.02. The Hall–Kier alpha value is -0.640. The Bertz CT molecular complexity index is 420. The van der Waals surface area contributed by atoms with Crippen LogP contribution in [0.4, 0.5) is 0 Å². The molecule has 0 bridgehead atoms. The predicted molar refractivity (Wildman–Crippen MR) is 74.0 cm³/mol. The van der Waals surface area contributed by atoms with Gasteiger partial charge in [-0.15, -0.1) is 0 Å². The fourth-order valence-electron chi connectivity index (χ4n) is 2.86. The summed E-state index contributed by atoms with van der Waals surface area (Å²) in [6, 6.07) is 5.67. The lowest BCUT2D eigenvalue weighted by molar-refractivity contribution is -0.0382. The summed E-state index contributed by atoms with van der Waals surface area (Å²) in [6.07, 6.45) is 1.81. The molecular weight excluding hydrogens is 248 g/mol. The summed E-state index contributed by atoms with van der Waals surface area (Å²) in [4.78, 5) is 6.73. The second-order valence-electron chi connectivity index (χ2n) is 5.79. The van der Waals surface area contributed by atoms with E-state index < -0.39 is 5.60 Å². The van der Waals surface area contributed by atoms with Crippen LogP contribution >= 0.6 is 11.6 Å². The van der Waals surface area contributed by atoms with Crippen LogP contribution in [-0.4, -0.2) is 40.7 Å². The number of halogens is 1. The lowest BCUT2D eigenvalue weighted by atomic mass is 9.65. The Balaban J connectivity index is 2.43. The first kappa shape index (κ1) is 13.8. The number of nitrogens with zero attached hydrogens (tertiary/aromatic N) is 2. The molecule has 2 rings (SSSR count). The van der Waals surface area contributed by atoms with Crippen LogP contribution in [0.5, 0.6) is 0 Å². The summed E-state index contributed by atoms with van der Waals surface area (Å²) in [5, 5.41) is 11.1. The number of hydrogen-bond acceptors (Lipinski definition) is 3.